The van der Waals surface area contributed by atoms with Gasteiger partial charge in [0.05, 0.1) is 24.8 Å². The van der Waals surface area contributed by atoms with Gasteiger partial charge in [0, 0.05) is 29.9 Å². The van der Waals surface area contributed by atoms with Gasteiger partial charge in [0.15, 0.2) is 5.75 Å². The van der Waals surface area contributed by atoms with Crippen LogP contribution in [0.2, 0.25) is 0 Å². The number of ether oxygens (including phenoxy) is 1. The molecule has 0 radical (unpaired) electrons. The number of fused-ring (bicyclic) bond motifs is 1. The number of hydrogen-bond acceptors (Lipinski definition) is 7. The monoisotopic (exact) mass is 472 g/mol. The zero-order valence-electron chi connectivity index (χ0n) is 19.5. The number of nitrogens with zero attached hydrogens (tertiary/aromatic N) is 2. The second-order valence-corrected chi connectivity index (χ2v) is 8.05. The number of benzene rings is 2. The van der Waals surface area contributed by atoms with E-state index >= 15 is 0 Å². The molecule has 0 saturated carbocycles. The van der Waals surface area contributed by atoms with E-state index in [1.807, 2.05) is 24.3 Å². The molecule has 0 aliphatic carbocycles. The van der Waals surface area contributed by atoms with Crippen molar-refractivity contribution in [2.24, 2.45) is 0 Å². The molecule has 0 saturated heterocycles. The SMILES string of the molecule is COc1c(-c2ccc(-c3ccc(CCCNCCO)cc3)cc2)nc2ccncc2c1C(=O)NO. The highest BCUT2D eigenvalue weighted by atomic mass is 16.5. The van der Waals surface area contributed by atoms with Crippen LogP contribution in [0.5, 0.6) is 5.75 Å². The van der Waals surface area contributed by atoms with Crippen molar-refractivity contribution < 1.29 is 19.8 Å². The van der Waals surface area contributed by atoms with Crippen LogP contribution in [0.25, 0.3) is 33.3 Å². The summed E-state index contributed by atoms with van der Waals surface area (Å²) in [6.45, 7) is 1.67. The maximum Gasteiger partial charge on any atom is 0.279 e. The number of hydrogen-bond donors (Lipinski definition) is 4. The molecule has 0 aliphatic heterocycles. The maximum atomic E-state index is 12.5. The van der Waals surface area contributed by atoms with E-state index in [9.17, 15) is 10.0 Å². The van der Waals surface area contributed by atoms with Gasteiger partial charge in [-0.1, -0.05) is 48.5 Å². The predicted molar refractivity (Wildman–Crippen MR) is 134 cm³/mol. The van der Waals surface area contributed by atoms with E-state index in [4.69, 9.17) is 14.8 Å². The van der Waals surface area contributed by atoms with Crippen molar-refractivity contribution in [3.63, 3.8) is 0 Å². The number of nitrogens with one attached hydrogen (secondary N) is 2. The van der Waals surface area contributed by atoms with Crippen molar-refractivity contribution in [3.05, 3.63) is 78.1 Å². The molecule has 4 N–H and O–H groups in total. The van der Waals surface area contributed by atoms with Gasteiger partial charge in [0.1, 0.15) is 5.69 Å². The van der Waals surface area contributed by atoms with Crippen LogP contribution in [-0.4, -0.2) is 53.0 Å². The average molecular weight is 473 g/mol. The molecule has 8 heteroatoms. The van der Waals surface area contributed by atoms with Crippen LogP contribution in [0.3, 0.4) is 0 Å². The number of methoxy groups -OCH3 is 1. The minimum atomic E-state index is -0.690. The summed E-state index contributed by atoms with van der Waals surface area (Å²) in [5, 5.41) is 21.8. The number of carbonyl (C=O) groups excluding carboxylic acids is 1. The van der Waals surface area contributed by atoms with Gasteiger partial charge < -0.3 is 15.2 Å². The lowest BCUT2D eigenvalue weighted by Crippen LogP contribution is -2.20. The molecule has 0 bridgehead atoms. The van der Waals surface area contributed by atoms with Crippen LogP contribution in [0.4, 0.5) is 0 Å². The zero-order valence-corrected chi connectivity index (χ0v) is 19.5. The number of pyridine rings is 2. The predicted octanol–water partition coefficient (Wildman–Crippen LogP) is 3.61. The zero-order chi connectivity index (χ0) is 24.6. The number of rotatable bonds is 10. The van der Waals surface area contributed by atoms with Crippen LogP contribution >= 0.6 is 0 Å². The van der Waals surface area contributed by atoms with Crippen molar-refractivity contribution in [1.29, 1.82) is 0 Å². The summed E-state index contributed by atoms with van der Waals surface area (Å²) in [6, 6.07) is 18.1. The third-order valence-electron chi connectivity index (χ3n) is 5.83. The highest BCUT2D eigenvalue weighted by Crippen LogP contribution is 2.36. The Labute approximate surface area is 203 Å². The molecule has 4 aromatic rings. The van der Waals surface area contributed by atoms with Gasteiger partial charge in [-0.2, -0.15) is 0 Å². The molecule has 2 aromatic heterocycles. The Hall–Kier alpha value is -3.85. The molecule has 0 spiro atoms. The summed E-state index contributed by atoms with van der Waals surface area (Å²) >= 11 is 0. The second-order valence-electron chi connectivity index (χ2n) is 8.05. The van der Waals surface area contributed by atoms with Gasteiger partial charge in [-0.15, -0.1) is 0 Å². The summed E-state index contributed by atoms with van der Waals surface area (Å²) in [5.74, 6) is -0.424. The summed E-state index contributed by atoms with van der Waals surface area (Å²) in [5.41, 5.74) is 7.15. The molecular formula is C27H28N4O4. The fourth-order valence-electron chi connectivity index (χ4n) is 4.07. The van der Waals surface area contributed by atoms with Gasteiger partial charge >= 0.3 is 0 Å². The number of aromatic nitrogens is 2. The molecular weight excluding hydrogens is 444 g/mol. The van der Waals surface area contributed by atoms with Crippen molar-refractivity contribution >= 4 is 16.8 Å². The van der Waals surface area contributed by atoms with Crippen LogP contribution in [0.1, 0.15) is 22.3 Å². The van der Waals surface area contributed by atoms with Crippen molar-refractivity contribution in [1.82, 2.24) is 20.8 Å². The normalized spacial score (nSPS) is 10.9. The first kappa shape index (κ1) is 24.3. The molecule has 0 atom stereocenters. The third kappa shape index (κ3) is 5.46. The molecule has 8 nitrogen and oxygen atoms in total. The summed E-state index contributed by atoms with van der Waals surface area (Å²) in [4.78, 5) is 21.2. The Balaban J connectivity index is 1.59. The minimum Gasteiger partial charge on any atom is -0.494 e. The Bertz CT molecular complexity index is 1290. The van der Waals surface area contributed by atoms with Crippen LogP contribution < -0.4 is 15.5 Å². The summed E-state index contributed by atoms with van der Waals surface area (Å²) in [7, 11) is 1.47. The first-order chi connectivity index (χ1) is 17.2. The molecule has 180 valence electrons. The molecule has 35 heavy (non-hydrogen) atoms. The fourth-order valence-corrected chi connectivity index (χ4v) is 4.07. The maximum absolute atomic E-state index is 12.5. The molecule has 0 aliphatic rings. The van der Waals surface area contributed by atoms with E-state index in [0.29, 0.717) is 23.1 Å². The Kier molecular flexibility index (Phi) is 7.99. The number of amides is 1. The number of hydroxylamine groups is 1. The molecule has 1 amide bonds. The van der Waals surface area contributed by atoms with E-state index in [0.717, 1.165) is 36.1 Å². The van der Waals surface area contributed by atoms with Gasteiger partial charge in [0.2, 0.25) is 0 Å². The van der Waals surface area contributed by atoms with E-state index < -0.39 is 5.91 Å². The van der Waals surface area contributed by atoms with Crippen molar-refractivity contribution in [3.8, 4) is 28.1 Å². The minimum absolute atomic E-state index is 0.161. The lowest BCUT2D eigenvalue weighted by Gasteiger charge is -2.15. The Morgan fingerprint density at radius 3 is 2.31 bits per heavy atom. The number of aliphatic hydroxyl groups excluding tert-OH is 1. The standard InChI is InChI=1S/C27H28N4O4/c1-35-26-24(27(33)31-34)22-17-29-14-12-23(22)30-25(26)21-10-8-20(9-11-21)19-6-4-18(5-7-19)3-2-13-28-15-16-32/h4-12,14,17,28,32,34H,2-3,13,15-16H2,1H3,(H,31,33). The molecule has 0 fully saturated rings. The van der Waals surface area contributed by atoms with Crippen LogP contribution in [0, 0.1) is 0 Å². The van der Waals surface area contributed by atoms with Crippen molar-refractivity contribution in [2.45, 2.75) is 12.8 Å². The summed E-state index contributed by atoms with van der Waals surface area (Å²) in [6.07, 6.45) is 5.12. The molecule has 4 rings (SSSR count). The lowest BCUT2D eigenvalue weighted by atomic mass is 9.98. The van der Waals surface area contributed by atoms with Gasteiger partial charge in [-0.3, -0.25) is 15.0 Å². The third-order valence-corrected chi connectivity index (χ3v) is 5.83. The Morgan fingerprint density at radius 2 is 1.66 bits per heavy atom. The van der Waals surface area contributed by atoms with Gasteiger partial charge in [0.25, 0.3) is 5.91 Å². The topological polar surface area (TPSA) is 117 Å². The average Bonchev–Trinajstić information content (AvgIpc) is 2.92. The molecule has 2 heterocycles. The van der Waals surface area contributed by atoms with E-state index in [1.165, 1.54) is 18.9 Å². The highest BCUT2D eigenvalue weighted by molar-refractivity contribution is 6.09. The van der Waals surface area contributed by atoms with Gasteiger partial charge in [-0.25, -0.2) is 10.5 Å². The summed E-state index contributed by atoms with van der Waals surface area (Å²) < 4.78 is 5.56. The van der Waals surface area contributed by atoms with Crippen molar-refractivity contribution in [2.75, 3.05) is 26.8 Å². The van der Waals surface area contributed by atoms with E-state index in [-0.39, 0.29) is 17.9 Å². The van der Waals surface area contributed by atoms with E-state index in [1.54, 1.807) is 17.7 Å². The Morgan fingerprint density at radius 1 is 0.971 bits per heavy atom. The number of aliphatic hydroxyl groups is 1. The van der Waals surface area contributed by atoms with E-state index in [2.05, 4.69) is 34.6 Å². The molecule has 0 unspecified atom stereocenters. The number of carbonyl (C=O) groups is 1. The largest absolute Gasteiger partial charge is 0.494 e. The second kappa shape index (κ2) is 11.5. The fraction of sp³-hybridized carbons (Fsp3) is 0.222. The first-order valence-corrected chi connectivity index (χ1v) is 11.4. The smallest absolute Gasteiger partial charge is 0.279 e. The number of aryl methyl sites for hydroxylation is 1. The quantitative estimate of drug-likeness (QED) is 0.158. The highest BCUT2D eigenvalue weighted by Gasteiger charge is 2.22. The molecule has 2 aromatic carbocycles. The van der Waals surface area contributed by atoms with Gasteiger partial charge in [-0.05, 0) is 42.1 Å². The first-order valence-electron chi connectivity index (χ1n) is 11.4. The van der Waals surface area contributed by atoms with Crippen LogP contribution in [0.15, 0.2) is 67.0 Å². The lowest BCUT2D eigenvalue weighted by molar-refractivity contribution is 0.0705. The van der Waals surface area contributed by atoms with Crippen LogP contribution in [-0.2, 0) is 6.42 Å².